The SMILES string of the molecule is COc1ccc(/C(O)=C2\C(=O)C(=O)N(C3CCCC3)C2c2cn(C)c3ccccc23)cc1Cl. The van der Waals surface area contributed by atoms with E-state index in [1.165, 1.54) is 7.11 Å². The van der Waals surface area contributed by atoms with E-state index in [4.69, 9.17) is 16.3 Å². The Kier molecular flexibility index (Phi) is 5.41. The lowest BCUT2D eigenvalue weighted by molar-refractivity contribution is -0.141. The number of ketones is 1. The molecule has 1 atom stereocenters. The molecule has 2 fully saturated rings. The second-order valence-corrected chi connectivity index (χ2v) is 9.11. The van der Waals surface area contributed by atoms with Gasteiger partial charge in [-0.3, -0.25) is 9.59 Å². The van der Waals surface area contributed by atoms with E-state index in [-0.39, 0.29) is 17.4 Å². The normalized spacial score (nSPS) is 20.8. The summed E-state index contributed by atoms with van der Waals surface area (Å²) in [6, 6.07) is 12.0. The molecule has 0 spiro atoms. The average Bonchev–Trinajstić information content (AvgIpc) is 3.52. The summed E-state index contributed by atoms with van der Waals surface area (Å²) < 4.78 is 7.20. The van der Waals surface area contributed by atoms with Gasteiger partial charge in [0.25, 0.3) is 11.7 Å². The minimum absolute atomic E-state index is 0.0322. The number of aliphatic hydroxyl groups excluding tert-OH is 1. The van der Waals surface area contributed by atoms with E-state index >= 15 is 0 Å². The number of aryl methyl sites for hydroxylation is 1. The van der Waals surface area contributed by atoms with Gasteiger partial charge in [0.05, 0.1) is 23.7 Å². The highest BCUT2D eigenvalue weighted by Gasteiger charge is 2.50. The van der Waals surface area contributed by atoms with Crippen molar-refractivity contribution >= 4 is 40.0 Å². The number of carbonyl (C=O) groups is 2. The van der Waals surface area contributed by atoms with Gasteiger partial charge in [-0.05, 0) is 37.1 Å². The summed E-state index contributed by atoms with van der Waals surface area (Å²) in [5, 5.41) is 12.6. The molecule has 1 amide bonds. The predicted molar refractivity (Wildman–Crippen MR) is 127 cm³/mol. The van der Waals surface area contributed by atoms with Crippen LogP contribution in [0.2, 0.25) is 5.02 Å². The molecule has 1 N–H and O–H groups in total. The van der Waals surface area contributed by atoms with Crippen LogP contribution in [0, 0.1) is 0 Å². The third-order valence-electron chi connectivity index (χ3n) is 6.85. The zero-order chi connectivity index (χ0) is 23.3. The number of fused-ring (bicyclic) bond motifs is 1. The first-order chi connectivity index (χ1) is 15.9. The number of hydrogen-bond acceptors (Lipinski definition) is 4. The topological polar surface area (TPSA) is 71.8 Å². The molecule has 1 aromatic heterocycles. The highest BCUT2D eigenvalue weighted by molar-refractivity contribution is 6.47. The van der Waals surface area contributed by atoms with Gasteiger partial charge in [0.1, 0.15) is 11.5 Å². The maximum Gasteiger partial charge on any atom is 0.295 e. The van der Waals surface area contributed by atoms with Gasteiger partial charge in [0.15, 0.2) is 0 Å². The first kappa shape index (κ1) is 21.6. The summed E-state index contributed by atoms with van der Waals surface area (Å²) in [6.07, 6.45) is 5.69. The fourth-order valence-corrected chi connectivity index (χ4v) is 5.53. The molecule has 7 heteroatoms. The van der Waals surface area contributed by atoms with Crippen LogP contribution in [0.4, 0.5) is 0 Å². The van der Waals surface area contributed by atoms with Crippen LogP contribution in [0.3, 0.4) is 0 Å². The Morgan fingerprint density at radius 3 is 2.55 bits per heavy atom. The third-order valence-corrected chi connectivity index (χ3v) is 7.14. The number of methoxy groups -OCH3 is 1. The highest BCUT2D eigenvalue weighted by Crippen LogP contribution is 2.46. The molecule has 1 aliphatic heterocycles. The number of para-hydroxylation sites is 1. The van der Waals surface area contributed by atoms with Gasteiger partial charge in [0, 0.05) is 41.3 Å². The number of rotatable bonds is 4. The Balaban J connectivity index is 1.74. The fraction of sp³-hybridized carbons (Fsp3) is 0.308. The summed E-state index contributed by atoms with van der Waals surface area (Å²) in [6.45, 7) is 0. The largest absolute Gasteiger partial charge is 0.507 e. The number of carbonyl (C=O) groups excluding carboxylic acids is 2. The number of likely N-dealkylation sites (tertiary alicyclic amines) is 1. The van der Waals surface area contributed by atoms with Crippen LogP contribution in [0.15, 0.2) is 54.2 Å². The number of aromatic nitrogens is 1. The number of benzene rings is 2. The molecule has 1 saturated carbocycles. The van der Waals surface area contributed by atoms with E-state index in [9.17, 15) is 14.7 Å². The Morgan fingerprint density at radius 1 is 1.12 bits per heavy atom. The van der Waals surface area contributed by atoms with Crippen molar-refractivity contribution < 1.29 is 19.4 Å². The lowest BCUT2D eigenvalue weighted by Gasteiger charge is -2.30. The molecule has 33 heavy (non-hydrogen) atoms. The first-order valence-electron chi connectivity index (χ1n) is 11.1. The Hall–Kier alpha value is -3.25. The zero-order valence-electron chi connectivity index (χ0n) is 18.5. The van der Waals surface area contributed by atoms with E-state index in [1.54, 1.807) is 23.1 Å². The van der Waals surface area contributed by atoms with Crippen LogP contribution in [-0.4, -0.2) is 39.4 Å². The summed E-state index contributed by atoms with van der Waals surface area (Å²) in [7, 11) is 3.45. The van der Waals surface area contributed by atoms with Crippen molar-refractivity contribution in [2.75, 3.05) is 7.11 Å². The monoisotopic (exact) mass is 464 g/mol. The number of hydrogen-bond donors (Lipinski definition) is 1. The van der Waals surface area contributed by atoms with Crippen LogP contribution in [0.1, 0.15) is 42.9 Å². The van der Waals surface area contributed by atoms with Crippen molar-refractivity contribution in [2.45, 2.75) is 37.8 Å². The van der Waals surface area contributed by atoms with E-state index in [0.717, 1.165) is 42.1 Å². The molecule has 6 nitrogen and oxygen atoms in total. The van der Waals surface area contributed by atoms with E-state index in [0.29, 0.717) is 16.3 Å². The summed E-state index contributed by atoms with van der Waals surface area (Å²) in [5.74, 6) is -0.980. The molecule has 2 aromatic carbocycles. The van der Waals surface area contributed by atoms with E-state index < -0.39 is 17.7 Å². The minimum atomic E-state index is -0.667. The molecule has 1 unspecified atom stereocenters. The quantitative estimate of drug-likeness (QED) is 0.327. The van der Waals surface area contributed by atoms with Gasteiger partial charge in [0.2, 0.25) is 0 Å². The highest BCUT2D eigenvalue weighted by atomic mass is 35.5. The molecule has 1 saturated heterocycles. The molecule has 5 rings (SSSR count). The van der Waals surface area contributed by atoms with E-state index in [1.807, 2.05) is 42.1 Å². The molecular weight excluding hydrogens is 440 g/mol. The molecule has 1 aliphatic carbocycles. The summed E-state index contributed by atoms with van der Waals surface area (Å²) >= 11 is 6.29. The Morgan fingerprint density at radius 2 is 1.85 bits per heavy atom. The van der Waals surface area contributed by atoms with Crippen molar-refractivity contribution in [1.29, 1.82) is 0 Å². The van der Waals surface area contributed by atoms with Crippen LogP contribution in [-0.2, 0) is 16.6 Å². The van der Waals surface area contributed by atoms with Gasteiger partial charge in [-0.1, -0.05) is 42.6 Å². The molecular formula is C26H25ClN2O4. The van der Waals surface area contributed by atoms with Gasteiger partial charge in [-0.15, -0.1) is 0 Å². The van der Waals surface area contributed by atoms with Gasteiger partial charge in [-0.2, -0.15) is 0 Å². The fourth-order valence-electron chi connectivity index (χ4n) is 5.27. The number of Topliss-reactive ketones (excluding diaryl/α,β-unsaturated/α-hetero) is 1. The maximum absolute atomic E-state index is 13.3. The van der Waals surface area contributed by atoms with Gasteiger partial charge < -0.3 is 19.3 Å². The van der Waals surface area contributed by atoms with Crippen molar-refractivity contribution in [2.24, 2.45) is 7.05 Å². The van der Waals surface area contributed by atoms with Gasteiger partial charge >= 0.3 is 0 Å². The summed E-state index contributed by atoms with van der Waals surface area (Å²) in [4.78, 5) is 28.4. The first-order valence-corrected chi connectivity index (χ1v) is 11.5. The van der Waals surface area contributed by atoms with E-state index in [2.05, 4.69) is 0 Å². The number of nitrogens with zero attached hydrogens (tertiary/aromatic N) is 2. The maximum atomic E-state index is 13.3. The van der Waals surface area contributed by atoms with Crippen LogP contribution in [0.25, 0.3) is 16.7 Å². The molecule has 0 bridgehead atoms. The van der Waals surface area contributed by atoms with Crippen LogP contribution >= 0.6 is 11.6 Å². The number of aliphatic hydroxyl groups is 1. The summed E-state index contributed by atoms with van der Waals surface area (Å²) in [5.41, 5.74) is 2.30. The number of ether oxygens (including phenoxy) is 1. The van der Waals surface area contributed by atoms with Crippen molar-refractivity contribution in [3.63, 3.8) is 0 Å². The van der Waals surface area contributed by atoms with Crippen LogP contribution in [0.5, 0.6) is 5.75 Å². The lowest BCUT2D eigenvalue weighted by atomic mass is 9.94. The Labute approximate surface area is 197 Å². The zero-order valence-corrected chi connectivity index (χ0v) is 19.3. The predicted octanol–water partition coefficient (Wildman–Crippen LogP) is 5.20. The van der Waals surface area contributed by atoms with Crippen LogP contribution < -0.4 is 4.74 Å². The second kappa shape index (κ2) is 8.27. The number of amides is 1. The third kappa shape index (κ3) is 3.40. The van der Waals surface area contributed by atoms with Crippen molar-refractivity contribution in [3.05, 3.63) is 70.4 Å². The molecule has 2 aliphatic rings. The second-order valence-electron chi connectivity index (χ2n) is 8.71. The average molecular weight is 465 g/mol. The van der Waals surface area contributed by atoms with Crippen molar-refractivity contribution in [1.82, 2.24) is 9.47 Å². The lowest BCUT2D eigenvalue weighted by Crippen LogP contribution is -2.37. The van der Waals surface area contributed by atoms with Gasteiger partial charge in [-0.25, -0.2) is 0 Å². The minimum Gasteiger partial charge on any atom is -0.507 e. The molecule has 2 heterocycles. The molecule has 0 radical (unpaired) electrons. The molecule has 3 aromatic rings. The molecule has 170 valence electrons. The Bertz CT molecular complexity index is 1300. The number of halogens is 1. The smallest absolute Gasteiger partial charge is 0.295 e. The van der Waals surface area contributed by atoms with Crippen molar-refractivity contribution in [3.8, 4) is 5.75 Å². The standard InChI is InChI=1S/C26H25ClN2O4/c1-28-14-18(17-9-5-6-10-20(17)28)23-22(24(30)15-11-12-21(33-2)19(27)13-15)25(31)26(32)29(23)16-7-3-4-8-16/h5-6,9-14,16,23,30H,3-4,7-8H2,1-2H3/b24-22+.